The molecule has 0 amide bonds. The first-order chi connectivity index (χ1) is 7.00. The first-order valence-electron chi connectivity index (χ1n) is 4.27. The van der Waals surface area contributed by atoms with Gasteiger partial charge in [0.15, 0.2) is 0 Å². The number of hydrogen-bond donors (Lipinski definition) is 1. The quantitative estimate of drug-likeness (QED) is 0.861. The molecule has 0 saturated heterocycles. The lowest BCUT2D eigenvalue weighted by atomic mass is 10.1. The lowest BCUT2D eigenvalue weighted by Gasteiger charge is -2.12. The number of esters is 1. The van der Waals surface area contributed by atoms with E-state index in [1.807, 2.05) is 0 Å². The van der Waals surface area contributed by atoms with Gasteiger partial charge in [0.1, 0.15) is 18.5 Å². The van der Waals surface area contributed by atoms with Crippen molar-refractivity contribution in [1.29, 1.82) is 0 Å². The Bertz CT molecular complexity index is 368. The van der Waals surface area contributed by atoms with E-state index in [9.17, 15) is 14.3 Å². The van der Waals surface area contributed by atoms with Crippen LogP contribution in [0.2, 0.25) is 0 Å². The largest absolute Gasteiger partial charge is 0.463 e. The van der Waals surface area contributed by atoms with Crippen molar-refractivity contribution in [2.75, 3.05) is 6.61 Å². The Morgan fingerprint density at radius 2 is 2.33 bits per heavy atom. The number of carbonyl (C=O) groups excluding carboxylic acids is 1. The molecule has 1 N–H and O–H groups in total. The molecule has 0 heterocycles. The van der Waals surface area contributed by atoms with Gasteiger partial charge in [-0.1, -0.05) is 22.0 Å². The summed E-state index contributed by atoms with van der Waals surface area (Å²) in [6.07, 6.45) is -0.955. The van der Waals surface area contributed by atoms with Gasteiger partial charge >= 0.3 is 5.97 Å². The predicted octanol–water partition coefficient (Wildman–Crippen LogP) is 2.18. The molecule has 0 saturated carbocycles. The van der Waals surface area contributed by atoms with Crippen molar-refractivity contribution >= 4 is 21.9 Å². The van der Waals surface area contributed by atoms with Gasteiger partial charge in [-0.2, -0.15) is 0 Å². The fourth-order valence-corrected chi connectivity index (χ4v) is 1.67. The van der Waals surface area contributed by atoms with Crippen LogP contribution >= 0.6 is 15.9 Å². The first kappa shape index (κ1) is 12.1. The van der Waals surface area contributed by atoms with Crippen molar-refractivity contribution in [2.45, 2.75) is 13.0 Å². The minimum Gasteiger partial charge on any atom is -0.463 e. The minimum absolute atomic E-state index is 0.139. The van der Waals surface area contributed by atoms with Gasteiger partial charge in [-0.25, -0.2) is 4.39 Å². The van der Waals surface area contributed by atoms with E-state index in [1.165, 1.54) is 25.1 Å². The van der Waals surface area contributed by atoms with E-state index < -0.39 is 17.9 Å². The number of aliphatic hydroxyl groups excluding tert-OH is 1. The van der Waals surface area contributed by atoms with Gasteiger partial charge in [-0.15, -0.1) is 0 Å². The van der Waals surface area contributed by atoms with E-state index >= 15 is 0 Å². The lowest BCUT2D eigenvalue weighted by molar-refractivity contribution is -0.144. The average Bonchev–Trinajstić information content (AvgIpc) is 2.14. The molecule has 3 nitrogen and oxygen atoms in total. The highest BCUT2D eigenvalue weighted by Gasteiger charge is 2.13. The fourth-order valence-electron chi connectivity index (χ4n) is 1.06. The van der Waals surface area contributed by atoms with Gasteiger partial charge in [0.05, 0.1) is 0 Å². The summed E-state index contributed by atoms with van der Waals surface area (Å²) in [5.41, 5.74) is 0.484. The Balaban J connectivity index is 2.73. The van der Waals surface area contributed by atoms with Gasteiger partial charge < -0.3 is 9.84 Å². The number of rotatable bonds is 3. The predicted molar refractivity (Wildman–Crippen MR) is 55.7 cm³/mol. The van der Waals surface area contributed by atoms with E-state index in [1.54, 1.807) is 0 Å². The maximum Gasteiger partial charge on any atom is 0.302 e. The van der Waals surface area contributed by atoms with Gasteiger partial charge in [0.2, 0.25) is 0 Å². The third-order valence-corrected chi connectivity index (χ3v) is 2.45. The molecule has 0 radical (unpaired) electrons. The number of benzene rings is 1. The Labute approximate surface area is 95.0 Å². The van der Waals surface area contributed by atoms with Crippen molar-refractivity contribution in [1.82, 2.24) is 0 Å². The van der Waals surface area contributed by atoms with Crippen LogP contribution in [0.1, 0.15) is 18.6 Å². The highest BCUT2D eigenvalue weighted by molar-refractivity contribution is 9.10. The van der Waals surface area contributed by atoms with Gasteiger partial charge in [0.25, 0.3) is 0 Å². The molecule has 5 heteroatoms. The summed E-state index contributed by atoms with van der Waals surface area (Å²) in [4.78, 5) is 10.5. The number of aliphatic hydroxyl groups is 1. The highest BCUT2D eigenvalue weighted by Crippen LogP contribution is 2.24. The number of halogens is 2. The molecular weight excluding hydrogens is 267 g/mol. The summed E-state index contributed by atoms with van der Waals surface area (Å²) in [7, 11) is 0. The third-order valence-electron chi connectivity index (χ3n) is 1.77. The molecule has 15 heavy (non-hydrogen) atoms. The molecule has 1 aromatic rings. The molecule has 0 bridgehead atoms. The van der Waals surface area contributed by atoms with Crippen LogP contribution in [0.4, 0.5) is 4.39 Å². The minimum atomic E-state index is -0.955. The zero-order valence-corrected chi connectivity index (χ0v) is 9.62. The Hall–Kier alpha value is -0.940. The monoisotopic (exact) mass is 276 g/mol. The summed E-state index contributed by atoms with van der Waals surface area (Å²) < 4.78 is 17.8. The summed E-state index contributed by atoms with van der Waals surface area (Å²) in [5.74, 6) is -0.863. The van der Waals surface area contributed by atoms with Gasteiger partial charge in [-0.05, 0) is 17.7 Å². The standard InChI is InChI=1S/C10H10BrFO3/c1-6(13)15-5-10(14)8-3-2-7(12)4-9(8)11/h2-4,10,14H,5H2,1H3/t10-/m0/s1. The summed E-state index contributed by atoms with van der Waals surface area (Å²) in [5, 5.41) is 9.61. The molecule has 0 aliphatic rings. The Morgan fingerprint density at radius 1 is 1.67 bits per heavy atom. The van der Waals surface area contributed by atoms with E-state index in [4.69, 9.17) is 0 Å². The number of carbonyl (C=O) groups is 1. The molecule has 0 spiro atoms. The van der Waals surface area contributed by atoms with Crippen LogP contribution in [0, 0.1) is 5.82 Å². The second kappa shape index (κ2) is 5.23. The van der Waals surface area contributed by atoms with Gasteiger partial charge in [0, 0.05) is 11.4 Å². The van der Waals surface area contributed by atoms with Crippen molar-refractivity contribution < 1.29 is 19.0 Å². The molecule has 1 rings (SSSR count). The second-order valence-corrected chi connectivity index (χ2v) is 3.84. The maximum atomic E-state index is 12.7. The Kier molecular flexibility index (Phi) is 4.23. The fraction of sp³-hybridized carbons (Fsp3) is 0.300. The Morgan fingerprint density at radius 3 is 2.87 bits per heavy atom. The zero-order chi connectivity index (χ0) is 11.4. The topological polar surface area (TPSA) is 46.5 Å². The molecule has 1 aromatic carbocycles. The van der Waals surface area contributed by atoms with Crippen molar-refractivity contribution in [2.24, 2.45) is 0 Å². The highest BCUT2D eigenvalue weighted by atomic mass is 79.9. The van der Waals surface area contributed by atoms with E-state index in [2.05, 4.69) is 20.7 Å². The molecule has 0 aromatic heterocycles. The SMILES string of the molecule is CC(=O)OC[C@H](O)c1ccc(F)cc1Br. The van der Waals surface area contributed by atoms with Gasteiger partial charge in [-0.3, -0.25) is 4.79 Å². The molecule has 0 aliphatic heterocycles. The molecule has 82 valence electrons. The van der Waals surface area contributed by atoms with E-state index in [0.717, 1.165) is 0 Å². The zero-order valence-electron chi connectivity index (χ0n) is 8.04. The normalized spacial score (nSPS) is 12.3. The third kappa shape index (κ3) is 3.60. The molecule has 0 fully saturated rings. The van der Waals surface area contributed by atoms with Crippen LogP contribution in [0.25, 0.3) is 0 Å². The summed E-state index contributed by atoms with van der Waals surface area (Å²) in [6, 6.07) is 3.91. The van der Waals surface area contributed by atoms with Crippen LogP contribution in [0.5, 0.6) is 0 Å². The van der Waals surface area contributed by atoms with Crippen molar-refractivity contribution in [3.8, 4) is 0 Å². The lowest BCUT2D eigenvalue weighted by Crippen LogP contribution is -2.10. The smallest absolute Gasteiger partial charge is 0.302 e. The van der Waals surface area contributed by atoms with Crippen LogP contribution in [0.15, 0.2) is 22.7 Å². The summed E-state index contributed by atoms with van der Waals surface area (Å²) >= 11 is 3.11. The molecule has 0 aliphatic carbocycles. The number of ether oxygens (including phenoxy) is 1. The number of hydrogen-bond acceptors (Lipinski definition) is 3. The molecule has 1 atom stereocenters. The van der Waals surface area contributed by atoms with Crippen molar-refractivity contribution in [3.63, 3.8) is 0 Å². The molecule has 0 unspecified atom stereocenters. The van der Waals surface area contributed by atoms with Crippen LogP contribution in [-0.4, -0.2) is 17.7 Å². The van der Waals surface area contributed by atoms with E-state index in [0.29, 0.717) is 10.0 Å². The first-order valence-corrected chi connectivity index (χ1v) is 5.06. The maximum absolute atomic E-state index is 12.7. The second-order valence-electron chi connectivity index (χ2n) is 2.98. The van der Waals surface area contributed by atoms with Crippen LogP contribution in [-0.2, 0) is 9.53 Å². The van der Waals surface area contributed by atoms with Crippen LogP contribution < -0.4 is 0 Å². The van der Waals surface area contributed by atoms with Crippen molar-refractivity contribution in [3.05, 3.63) is 34.1 Å². The molecular formula is C10H10BrFO3. The average molecular weight is 277 g/mol. The summed E-state index contributed by atoms with van der Waals surface area (Å²) in [6.45, 7) is 1.12. The van der Waals surface area contributed by atoms with E-state index in [-0.39, 0.29) is 6.61 Å². The van der Waals surface area contributed by atoms with Crippen LogP contribution in [0.3, 0.4) is 0 Å².